The van der Waals surface area contributed by atoms with E-state index in [1.54, 1.807) is 0 Å². The molecule has 10 nitrogen and oxygen atoms in total. The summed E-state index contributed by atoms with van der Waals surface area (Å²) < 4.78 is 22.0. The number of methoxy groups -OCH3 is 1. The summed E-state index contributed by atoms with van der Waals surface area (Å²) in [5.41, 5.74) is -1.66. The number of hydrogen-bond donors (Lipinski definition) is 1. The van der Waals surface area contributed by atoms with E-state index in [9.17, 15) is 19.5 Å². The molecule has 1 aromatic heterocycles. The number of nitrogens with zero attached hydrogens (tertiary/aromatic N) is 2. The predicted octanol–water partition coefficient (Wildman–Crippen LogP) is 2.66. The van der Waals surface area contributed by atoms with Crippen LogP contribution in [-0.2, 0) is 28.6 Å². The number of ether oxygens (including phenoxy) is 3. The number of fused-ring (bicyclic) bond motifs is 3. The quantitative estimate of drug-likeness (QED) is 0.612. The van der Waals surface area contributed by atoms with Crippen molar-refractivity contribution < 1.29 is 38.2 Å². The van der Waals surface area contributed by atoms with E-state index in [-0.39, 0.29) is 37.5 Å². The molecule has 1 N–H and O–H groups in total. The van der Waals surface area contributed by atoms with Gasteiger partial charge in [-0.25, -0.2) is 0 Å². The molecule has 7 unspecified atom stereocenters. The molecular formula is C26H30N2O8. The summed E-state index contributed by atoms with van der Waals surface area (Å²) in [4.78, 5) is 43.2. The van der Waals surface area contributed by atoms with Gasteiger partial charge in [-0.1, -0.05) is 42.4 Å². The average molecular weight is 499 g/mol. The normalized spacial score (nSPS) is 35.9. The zero-order valence-corrected chi connectivity index (χ0v) is 20.5. The summed E-state index contributed by atoms with van der Waals surface area (Å²) in [5.74, 6) is -2.96. The summed E-state index contributed by atoms with van der Waals surface area (Å²) in [6, 6.07) is 9.26. The van der Waals surface area contributed by atoms with Gasteiger partial charge in [0.15, 0.2) is 18.0 Å². The molecule has 2 heterocycles. The van der Waals surface area contributed by atoms with Crippen molar-refractivity contribution in [2.75, 3.05) is 13.7 Å². The highest BCUT2D eigenvalue weighted by Gasteiger charge is 2.68. The molecule has 2 aromatic rings. The first-order chi connectivity index (χ1) is 17.2. The Morgan fingerprint density at radius 2 is 2.00 bits per heavy atom. The van der Waals surface area contributed by atoms with Crippen LogP contribution in [0.2, 0.25) is 0 Å². The van der Waals surface area contributed by atoms with Crippen LogP contribution in [0.25, 0.3) is 11.4 Å². The molecule has 0 spiro atoms. The van der Waals surface area contributed by atoms with Crippen molar-refractivity contribution in [1.82, 2.24) is 10.1 Å². The first-order valence-corrected chi connectivity index (χ1v) is 12.2. The minimum Gasteiger partial charge on any atom is -0.455 e. The third-order valence-electron chi connectivity index (χ3n) is 8.19. The smallest absolute Gasteiger partial charge is 0.310 e. The number of Topliss-reactive ketones (excluding diaryl/α,β-unsaturated/α-hetero) is 1. The number of rotatable bonds is 5. The van der Waals surface area contributed by atoms with E-state index >= 15 is 0 Å². The van der Waals surface area contributed by atoms with E-state index in [4.69, 9.17) is 18.7 Å². The van der Waals surface area contributed by atoms with Crippen molar-refractivity contribution in [3.05, 3.63) is 36.2 Å². The summed E-state index contributed by atoms with van der Waals surface area (Å²) in [5, 5.41) is 16.0. The fourth-order valence-corrected chi connectivity index (χ4v) is 6.64. The molecule has 3 fully saturated rings. The van der Waals surface area contributed by atoms with Gasteiger partial charge in [0.1, 0.15) is 0 Å². The van der Waals surface area contributed by atoms with Crippen LogP contribution in [-0.4, -0.2) is 58.4 Å². The third kappa shape index (κ3) is 3.92. The molecule has 0 bridgehead atoms. The molecule has 0 amide bonds. The molecule has 0 radical (unpaired) electrons. The van der Waals surface area contributed by atoms with E-state index in [2.05, 4.69) is 10.1 Å². The van der Waals surface area contributed by atoms with Crippen LogP contribution in [0, 0.1) is 23.2 Å². The first kappa shape index (κ1) is 24.6. The molecule has 5 rings (SSSR count). The molecule has 2 aliphatic carbocycles. The molecule has 7 atom stereocenters. The van der Waals surface area contributed by atoms with Gasteiger partial charge >= 0.3 is 11.9 Å². The maximum absolute atomic E-state index is 13.8. The van der Waals surface area contributed by atoms with Crippen molar-refractivity contribution in [1.29, 1.82) is 0 Å². The van der Waals surface area contributed by atoms with Gasteiger partial charge in [0.2, 0.25) is 5.82 Å². The second-order valence-corrected chi connectivity index (χ2v) is 10.4. The predicted molar refractivity (Wildman–Crippen MR) is 123 cm³/mol. The van der Waals surface area contributed by atoms with Crippen LogP contribution in [0.3, 0.4) is 0 Å². The average Bonchev–Trinajstić information content (AvgIpc) is 3.32. The van der Waals surface area contributed by atoms with Gasteiger partial charge in [-0.05, 0) is 24.7 Å². The van der Waals surface area contributed by atoms with Gasteiger partial charge in [-0.15, -0.1) is 0 Å². The maximum atomic E-state index is 13.8. The van der Waals surface area contributed by atoms with E-state index < -0.39 is 52.9 Å². The Morgan fingerprint density at radius 1 is 1.25 bits per heavy atom. The van der Waals surface area contributed by atoms with Crippen LogP contribution < -0.4 is 0 Å². The van der Waals surface area contributed by atoms with Crippen molar-refractivity contribution in [3.8, 4) is 11.4 Å². The molecule has 192 valence electrons. The summed E-state index contributed by atoms with van der Waals surface area (Å²) in [6.45, 7) is 3.27. The van der Waals surface area contributed by atoms with Gasteiger partial charge in [0, 0.05) is 31.9 Å². The molecule has 3 aliphatic rings. The fraction of sp³-hybridized carbons (Fsp3) is 0.577. The van der Waals surface area contributed by atoms with Gasteiger partial charge in [-0.3, -0.25) is 14.4 Å². The van der Waals surface area contributed by atoms with Crippen molar-refractivity contribution in [2.24, 2.45) is 23.2 Å². The van der Waals surface area contributed by atoms with Crippen LogP contribution in [0.15, 0.2) is 34.9 Å². The monoisotopic (exact) mass is 498 g/mol. The summed E-state index contributed by atoms with van der Waals surface area (Å²) in [7, 11) is 1.52. The molecular weight excluding hydrogens is 468 g/mol. The molecule has 2 saturated carbocycles. The Bertz CT molecular complexity index is 1170. The summed E-state index contributed by atoms with van der Waals surface area (Å²) in [6.07, 6.45) is -0.937. The molecule has 36 heavy (non-hydrogen) atoms. The lowest BCUT2D eigenvalue weighted by molar-refractivity contribution is -0.232. The minimum absolute atomic E-state index is 0.129. The second-order valence-electron chi connectivity index (χ2n) is 10.4. The number of carbonyl (C=O) groups excluding carboxylic acids is 3. The Hall–Kier alpha value is -3.11. The van der Waals surface area contributed by atoms with Gasteiger partial charge in [-0.2, -0.15) is 4.98 Å². The van der Waals surface area contributed by atoms with Gasteiger partial charge in [0.05, 0.1) is 24.0 Å². The Balaban J connectivity index is 1.51. The van der Waals surface area contributed by atoms with Gasteiger partial charge in [0.25, 0.3) is 5.89 Å². The SMILES string of the molecule is COCC1CC(OC(C)=O)C(=O)C2C3(C)CC(c4nc(-c5ccccc5)no4)OC(=O)C3CCC12O. The highest BCUT2D eigenvalue weighted by atomic mass is 16.6. The number of carbonyl (C=O) groups is 3. The van der Waals surface area contributed by atoms with Gasteiger partial charge < -0.3 is 23.8 Å². The number of ketones is 1. The summed E-state index contributed by atoms with van der Waals surface area (Å²) >= 11 is 0. The van der Waals surface area contributed by atoms with Crippen molar-refractivity contribution in [3.63, 3.8) is 0 Å². The molecule has 10 heteroatoms. The maximum Gasteiger partial charge on any atom is 0.310 e. The van der Waals surface area contributed by atoms with Crippen LogP contribution in [0.4, 0.5) is 0 Å². The molecule has 1 aliphatic heterocycles. The number of esters is 2. The topological polar surface area (TPSA) is 138 Å². The Kier molecular flexibility index (Phi) is 6.20. The second kappa shape index (κ2) is 9.08. The third-order valence-corrected chi connectivity index (χ3v) is 8.19. The van der Waals surface area contributed by atoms with Crippen LogP contribution >= 0.6 is 0 Å². The lowest BCUT2D eigenvalue weighted by atomic mass is 9.47. The van der Waals surface area contributed by atoms with Crippen molar-refractivity contribution in [2.45, 2.75) is 57.3 Å². The number of aromatic nitrogens is 2. The minimum atomic E-state index is -1.42. The lowest BCUT2D eigenvalue weighted by Crippen LogP contribution is -2.68. The fourth-order valence-electron chi connectivity index (χ4n) is 6.64. The Labute approximate surface area is 208 Å². The standard InChI is InChI=1S/C26H30N2O8/c1-14(29)34-18-11-16(13-33-3)26(32)10-9-17-24(31)35-19(12-25(17,2)21(26)20(18)30)23-27-22(28-36-23)15-7-5-4-6-8-15/h4-8,16-19,21,32H,9-13H2,1-3H3. The highest BCUT2D eigenvalue weighted by molar-refractivity contribution is 5.91. The lowest BCUT2D eigenvalue weighted by Gasteiger charge is -2.60. The van der Waals surface area contributed by atoms with Crippen LogP contribution in [0.1, 0.15) is 51.5 Å². The zero-order valence-electron chi connectivity index (χ0n) is 20.5. The zero-order chi connectivity index (χ0) is 25.7. The van der Waals surface area contributed by atoms with E-state index in [0.717, 1.165) is 5.56 Å². The van der Waals surface area contributed by atoms with Crippen molar-refractivity contribution >= 4 is 17.7 Å². The number of aliphatic hydroxyl groups is 1. The molecule has 1 saturated heterocycles. The molecule has 1 aromatic carbocycles. The first-order valence-electron chi connectivity index (χ1n) is 12.2. The highest BCUT2D eigenvalue weighted by Crippen LogP contribution is 2.61. The number of hydrogen-bond acceptors (Lipinski definition) is 10. The van der Waals surface area contributed by atoms with E-state index in [0.29, 0.717) is 12.2 Å². The number of benzene rings is 1. The van der Waals surface area contributed by atoms with E-state index in [1.807, 2.05) is 37.3 Å². The van der Waals surface area contributed by atoms with E-state index in [1.165, 1.54) is 14.0 Å². The Morgan fingerprint density at radius 3 is 2.69 bits per heavy atom. The van der Waals surface area contributed by atoms with Crippen LogP contribution in [0.5, 0.6) is 0 Å². The largest absolute Gasteiger partial charge is 0.455 e. The number of cyclic esters (lactones) is 1.